The molecule has 0 unspecified atom stereocenters. The summed E-state index contributed by atoms with van der Waals surface area (Å²) in [4.78, 5) is 0. The number of hydrogen-bond donors (Lipinski definition) is 3. The molecule has 1 aromatic heterocycles. The van der Waals surface area contributed by atoms with Crippen molar-refractivity contribution in [1.29, 1.82) is 0 Å². The summed E-state index contributed by atoms with van der Waals surface area (Å²) in [6.07, 6.45) is 9.38. The van der Waals surface area contributed by atoms with Crippen LogP contribution in [0.4, 0.5) is 0 Å². The molecule has 3 rings (SSSR count). The van der Waals surface area contributed by atoms with E-state index in [0.29, 0.717) is 35.3 Å². The molecular weight excluding hydrogens is 412 g/mol. The van der Waals surface area contributed by atoms with E-state index in [1.807, 2.05) is 26.0 Å². The molecule has 0 aliphatic carbocycles. The highest BCUT2D eigenvalue weighted by atomic mass is 16.3. The average Bonchev–Trinajstić information content (AvgIpc) is 3.14. The molecule has 3 aromatic rings. The molecular formula is C29H34O4. The van der Waals surface area contributed by atoms with Crippen molar-refractivity contribution in [3.8, 4) is 28.6 Å². The fourth-order valence-electron chi connectivity index (χ4n) is 3.87. The van der Waals surface area contributed by atoms with E-state index < -0.39 is 0 Å². The lowest BCUT2D eigenvalue weighted by Gasteiger charge is -2.16. The second kappa shape index (κ2) is 10.5. The number of hydrogen-bond acceptors (Lipinski definition) is 4. The van der Waals surface area contributed by atoms with Gasteiger partial charge in [0.1, 0.15) is 28.6 Å². The van der Waals surface area contributed by atoms with Gasteiger partial charge >= 0.3 is 0 Å². The monoisotopic (exact) mass is 446 g/mol. The second-order valence-electron chi connectivity index (χ2n) is 9.14. The molecule has 3 N–H and O–H groups in total. The van der Waals surface area contributed by atoms with Gasteiger partial charge in [-0.2, -0.15) is 0 Å². The maximum absolute atomic E-state index is 10.8. The zero-order valence-corrected chi connectivity index (χ0v) is 20.2. The first-order valence-electron chi connectivity index (χ1n) is 11.4. The normalized spacial score (nSPS) is 11.6. The zero-order chi connectivity index (χ0) is 24.1. The van der Waals surface area contributed by atoms with Gasteiger partial charge in [-0.25, -0.2) is 0 Å². The van der Waals surface area contributed by atoms with Gasteiger partial charge in [-0.15, -0.1) is 0 Å². The van der Waals surface area contributed by atoms with E-state index in [4.69, 9.17) is 4.42 Å². The third kappa shape index (κ3) is 6.10. The largest absolute Gasteiger partial charge is 0.508 e. The van der Waals surface area contributed by atoms with Gasteiger partial charge in [0, 0.05) is 34.2 Å². The van der Waals surface area contributed by atoms with Crippen LogP contribution in [0, 0.1) is 0 Å². The standard InChI is InChI=1S/C29H34O4/c1-18(2)7-6-8-20(5)10-14-24-26(32)17-25(31)23(13-9-19(3)4)29(24)28-15-21-11-12-22(30)16-27(21)33-28/h7,9-12,15-17,30-32H,6,8,13-14H2,1-5H3/b20-10+. The SMILES string of the molecule is CC(C)=CCC/C(C)=C/Cc1c(O)cc(O)c(CC=C(C)C)c1-c1cc2ccc(O)cc2o1. The van der Waals surface area contributed by atoms with E-state index in [2.05, 4.69) is 32.9 Å². The molecule has 0 fully saturated rings. The van der Waals surface area contributed by atoms with Gasteiger partial charge in [0.25, 0.3) is 0 Å². The highest BCUT2D eigenvalue weighted by Crippen LogP contribution is 2.42. The van der Waals surface area contributed by atoms with E-state index in [-0.39, 0.29) is 17.2 Å². The third-order valence-electron chi connectivity index (χ3n) is 5.71. The molecule has 33 heavy (non-hydrogen) atoms. The van der Waals surface area contributed by atoms with Gasteiger partial charge < -0.3 is 19.7 Å². The molecule has 4 nitrogen and oxygen atoms in total. The summed E-state index contributed by atoms with van der Waals surface area (Å²) in [6, 6.07) is 8.30. The first-order chi connectivity index (χ1) is 15.7. The summed E-state index contributed by atoms with van der Waals surface area (Å²) in [7, 11) is 0. The first-order valence-corrected chi connectivity index (χ1v) is 11.4. The van der Waals surface area contributed by atoms with Crippen LogP contribution in [-0.4, -0.2) is 15.3 Å². The first kappa shape index (κ1) is 24.2. The summed E-state index contributed by atoms with van der Waals surface area (Å²) in [6.45, 7) is 10.3. The van der Waals surface area contributed by atoms with Gasteiger partial charge in [0.15, 0.2) is 0 Å². The topological polar surface area (TPSA) is 73.8 Å². The Kier molecular flexibility index (Phi) is 7.70. The van der Waals surface area contributed by atoms with Crippen LogP contribution < -0.4 is 0 Å². The predicted octanol–water partition coefficient (Wildman–Crippen LogP) is 7.96. The van der Waals surface area contributed by atoms with Crippen molar-refractivity contribution in [2.45, 2.75) is 60.3 Å². The van der Waals surface area contributed by atoms with Crippen molar-refractivity contribution in [2.24, 2.45) is 0 Å². The molecule has 0 bridgehead atoms. The van der Waals surface area contributed by atoms with Crippen LogP contribution >= 0.6 is 0 Å². The van der Waals surface area contributed by atoms with Crippen LogP contribution in [0.2, 0.25) is 0 Å². The van der Waals surface area contributed by atoms with Crippen molar-refractivity contribution in [2.75, 3.05) is 0 Å². The number of phenols is 3. The number of phenolic OH excluding ortho intramolecular Hbond substituents is 3. The molecule has 0 aliphatic rings. The van der Waals surface area contributed by atoms with Crippen LogP contribution in [-0.2, 0) is 12.8 Å². The zero-order valence-electron chi connectivity index (χ0n) is 20.2. The minimum atomic E-state index is 0.0383. The van der Waals surface area contributed by atoms with Crippen molar-refractivity contribution in [3.05, 3.63) is 76.4 Å². The van der Waals surface area contributed by atoms with Gasteiger partial charge in [-0.05, 0) is 78.5 Å². The molecule has 2 aromatic carbocycles. The molecule has 0 saturated carbocycles. The quantitative estimate of drug-likeness (QED) is 0.307. The summed E-state index contributed by atoms with van der Waals surface area (Å²) >= 11 is 0. The maximum atomic E-state index is 10.8. The molecule has 0 atom stereocenters. The lowest BCUT2D eigenvalue weighted by Crippen LogP contribution is -1.97. The minimum Gasteiger partial charge on any atom is -0.508 e. The highest BCUT2D eigenvalue weighted by molar-refractivity contribution is 5.86. The van der Waals surface area contributed by atoms with Crippen LogP contribution in [0.1, 0.15) is 58.6 Å². The number of benzene rings is 2. The van der Waals surface area contributed by atoms with Crippen LogP contribution in [0.5, 0.6) is 17.2 Å². The third-order valence-corrected chi connectivity index (χ3v) is 5.71. The van der Waals surface area contributed by atoms with Gasteiger partial charge in [0.05, 0.1) is 0 Å². The van der Waals surface area contributed by atoms with Crippen molar-refractivity contribution in [1.82, 2.24) is 0 Å². The molecule has 0 radical (unpaired) electrons. The molecule has 0 saturated heterocycles. The Bertz CT molecular complexity index is 1230. The fraction of sp³-hybridized carbons (Fsp3) is 0.310. The highest BCUT2D eigenvalue weighted by Gasteiger charge is 2.21. The minimum absolute atomic E-state index is 0.0383. The Hall–Kier alpha value is -3.40. The van der Waals surface area contributed by atoms with E-state index in [1.165, 1.54) is 17.2 Å². The Morgan fingerprint density at radius 3 is 2.06 bits per heavy atom. The molecule has 4 heteroatoms. The Balaban J connectivity index is 2.12. The number of allylic oxidation sites excluding steroid dienone is 6. The Morgan fingerprint density at radius 1 is 0.788 bits per heavy atom. The van der Waals surface area contributed by atoms with Gasteiger partial charge in [0.2, 0.25) is 0 Å². The number of fused-ring (bicyclic) bond motifs is 1. The summed E-state index contributed by atoms with van der Waals surface area (Å²) < 4.78 is 6.10. The van der Waals surface area contributed by atoms with E-state index in [9.17, 15) is 15.3 Å². The molecule has 1 heterocycles. The van der Waals surface area contributed by atoms with E-state index >= 15 is 0 Å². The Morgan fingerprint density at radius 2 is 1.42 bits per heavy atom. The van der Waals surface area contributed by atoms with Gasteiger partial charge in [-0.1, -0.05) is 34.9 Å². The van der Waals surface area contributed by atoms with Crippen LogP contribution in [0.3, 0.4) is 0 Å². The Labute approximate surface area is 196 Å². The van der Waals surface area contributed by atoms with E-state index in [1.54, 1.807) is 18.2 Å². The van der Waals surface area contributed by atoms with Crippen LogP contribution in [0.25, 0.3) is 22.3 Å². The fourth-order valence-corrected chi connectivity index (χ4v) is 3.87. The smallest absolute Gasteiger partial charge is 0.138 e. The van der Waals surface area contributed by atoms with Crippen molar-refractivity contribution in [3.63, 3.8) is 0 Å². The summed E-state index contributed by atoms with van der Waals surface area (Å²) in [5.74, 6) is 0.767. The van der Waals surface area contributed by atoms with Crippen molar-refractivity contribution < 1.29 is 19.7 Å². The summed E-state index contributed by atoms with van der Waals surface area (Å²) in [5, 5.41) is 32.3. The van der Waals surface area contributed by atoms with Crippen LogP contribution in [0.15, 0.2) is 69.7 Å². The molecule has 0 spiro atoms. The predicted molar refractivity (Wildman–Crippen MR) is 136 cm³/mol. The molecule has 0 aliphatic heterocycles. The summed E-state index contributed by atoms with van der Waals surface area (Å²) in [5.41, 5.74) is 6.37. The second-order valence-corrected chi connectivity index (χ2v) is 9.14. The lowest BCUT2D eigenvalue weighted by atomic mass is 9.91. The number of aromatic hydroxyl groups is 3. The molecule has 0 amide bonds. The van der Waals surface area contributed by atoms with Crippen molar-refractivity contribution >= 4 is 11.0 Å². The average molecular weight is 447 g/mol. The molecule has 174 valence electrons. The van der Waals surface area contributed by atoms with E-state index in [0.717, 1.165) is 29.4 Å². The number of furan rings is 1. The van der Waals surface area contributed by atoms with Gasteiger partial charge in [-0.3, -0.25) is 0 Å². The number of rotatable bonds is 8. The lowest BCUT2D eigenvalue weighted by molar-refractivity contribution is 0.443. The maximum Gasteiger partial charge on any atom is 0.138 e.